The van der Waals surface area contributed by atoms with E-state index in [1.165, 1.54) is 36.3 Å². The van der Waals surface area contributed by atoms with Crippen LogP contribution in [0.15, 0.2) is 35.3 Å². The molecule has 154 valence electrons. The van der Waals surface area contributed by atoms with Gasteiger partial charge in [0.25, 0.3) is 5.56 Å². The van der Waals surface area contributed by atoms with Gasteiger partial charge < -0.3 is 9.80 Å². The highest BCUT2D eigenvalue weighted by Gasteiger charge is 2.36. The van der Waals surface area contributed by atoms with Gasteiger partial charge in [-0.2, -0.15) is 18.3 Å². The predicted octanol–water partition coefficient (Wildman–Crippen LogP) is 2.61. The maximum absolute atomic E-state index is 13.3. The van der Waals surface area contributed by atoms with Crippen LogP contribution in [0.2, 0.25) is 5.02 Å². The second kappa shape index (κ2) is 7.74. The fourth-order valence-corrected chi connectivity index (χ4v) is 3.25. The molecule has 29 heavy (non-hydrogen) atoms. The lowest BCUT2D eigenvalue weighted by atomic mass is 10.1. The van der Waals surface area contributed by atoms with Crippen LogP contribution in [0.25, 0.3) is 0 Å². The third kappa shape index (κ3) is 4.04. The van der Waals surface area contributed by atoms with E-state index in [0.717, 1.165) is 11.0 Å². The Morgan fingerprint density at radius 1 is 1.31 bits per heavy atom. The van der Waals surface area contributed by atoms with E-state index in [1.54, 1.807) is 4.90 Å². The maximum atomic E-state index is 13.3. The molecule has 2 heterocycles. The molecule has 1 aromatic heterocycles. The molecule has 1 aliphatic rings. The highest BCUT2D eigenvalue weighted by molar-refractivity contribution is 6.33. The molecule has 0 spiro atoms. The largest absolute Gasteiger partial charge is 0.418 e. The Hall–Kier alpha value is -3.08. The van der Waals surface area contributed by atoms with Crippen molar-refractivity contribution in [2.45, 2.75) is 6.18 Å². The summed E-state index contributed by atoms with van der Waals surface area (Å²) in [5.41, 5.74) is -1.25. The van der Waals surface area contributed by atoms with Crippen molar-refractivity contribution in [3.63, 3.8) is 0 Å². The van der Waals surface area contributed by atoms with Crippen molar-refractivity contribution in [3.8, 4) is 0 Å². The Labute approximate surface area is 168 Å². The van der Waals surface area contributed by atoms with E-state index in [-0.39, 0.29) is 35.6 Å². The number of amidine groups is 1. The molecular formula is C17H17ClF3N7O. The summed E-state index contributed by atoms with van der Waals surface area (Å²) < 4.78 is 39.9. The van der Waals surface area contributed by atoms with Crippen molar-refractivity contribution in [1.29, 1.82) is 10.8 Å². The second-order valence-corrected chi connectivity index (χ2v) is 6.69. The summed E-state index contributed by atoms with van der Waals surface area (Å²) in [6.07, 6.45) is -3.20. The first-order chi connectivity index (χ1) is 13.6. The maximum Gasteiger partial charge on any atom is 0.418 e. The number of nitrogens with zero attached hydrogens (tertiary/aromatic N) is 4. The number of anilines is 2. The lowest BCUT2D eigenvalue weighted by Gasteiger charge is -2.39. The number of aromatic amines is 1. The van der Waals surface area contributed by atoms with Gasteiger partial charge in [-0.3, -0.25) is 20.5 Å². The number of halogens is 4. The van der Waals surface area contributed by atoms with Gasteiger partial charge in [0.2, 0.25) is 5.96 Å². The number of alkyl halides is 3. The van der Waals surface area contributed by atoms with Crippen molar-refractivity contribution >= 4 is 34.8 Å². The van der Waals surface area contributed by atoms with Gasteiger partial charge in [-0.25, -0.2) is 5.10 Å². The molecule has 0 saturated carbocycles. The predicted molar refractivity (Wildman–Crippen MR) is 104 cm³/mol. The number of H-pyrrole nitrogens is 1. The smallest absolute Gasteiger partial charge is 0.360 e. The summed E-state index contributed by atoms with van der Waals surface area (Å²) in [4.78, 5) is 15.7. The number of hydrogen-bond acceptors (Lipinski definition) is 5. The average molecular weight is 428 g/mol. The van der Waals surface area contributed by atoms with Gasteiger partial charge in [0, 0.05) is 20.1 Å². The third-order valence-corrected chi connectivity index (χ3v) is 4.89. The van der Waals surface area contributed by atoms with Crippen LogP contribution in [0, 0.1) is 10.8 Å². The van der Waals surface area contributed by atoms with Crippen molar-refractivity contribution < 1.29 is 13.2 Å². The van der Waals surface area contributed by atoms with Crippen LogP contribution in [-0.2, 0) is 6.18 Å². The van der Waals surface area contributed by atoms with E-state index in [2.05, 4.69) is 10.2 Å². The molecule has 2 aromatic rings. The molecule has 3 rings (SSSR count). The van der Waals surface area contributed by atoms with Crippen LogP contribution in [0.3, 0.4) is 0 Å². The highest BCUT2D eigenvalue weighted by atomic mass is 35.5. The van der Waals surface area contributed by atoms with Gasteiger partial charge in [0.15, 0.2) is 0 Å². The normalized spacial score (nSPS) is 14.9. The zero-order chi connectivity index (χ0) is 21.3. The van der Waals surface area contributed by atoms with Crippen LogP contribution in [0.5, 0.6) is 0 Å². The van der Waals surface area contributed by atoms with Crippen molar-refractivity contribution in [3.05, 3.63) is 51.4 Å². The summed E-state index contributed by atoms with van der Waals surface area (Å²) >= 11 is 6.00. The summed E-state index contributed by atoms with van der Waals surface area (Å²) in [5, 5.41) is 22.4. The molecule has 0 amide bonds. The Balaban J connectivity index is 1.79. The SMILES string of the molecule is CN(C(=N)N1CCN(c2cn[nH]c(=O)c2Cl)CC1=N)c1ccccc1C(F)(F)F. The third-order valence-electron chi connectivity index (χ3n) is 4.52. The number of para-hydroxylation sites is 1. The lowest BCUT2D eigenvalue weighted by molar-refractivity contribution is -0.137. The van der Waals surface area contributed by atoms with Crippen LogP contribution >= 0.6 is 11.6 Å². The Morgan fingerprint density at radius 3 is 2.66 bits per heavy atom. The molecule has 1 fully saturated rings. The average Bonchev–Trinajstić information content (AvgIpc) is 2.68. The molecule has 0 radical (unpaired) electrons. The van der Waals surface area contributed by atoms with E-state index < -0.39 is 17.3 Å². The first-order valence-corrected chi connectivity index (χ1v) is 8.80. The minimum atomic E-state index is -4.57. The number of hydrogen-bond donors (Lipinski definition) is 3. The molecule has 1 saturated heterocycles. The van der Waals surface area contributed by atoms with Gasteiger partial charge in [0.05, 0.1) is 29.7 Å². The van der Waals surface area contributed by atoms with Gasteiger partial charge in [-0.05, 0) is 12.1 Å². The monoisotopic (exact) mass is 427 g/mol. The van der Waals surface area contributed by atoms with E-state index >= 15 is 0 Å². The second-order valence-electron chi connectivity index (χ2n) is 6.32. The van der Waals surface area contributed by atoms with Gasteiger partial charge in [0.1, 0.15) is 10.9 Å². The molecular weight excluding hydrogens is 411 g/mol. The molecule has 0 bridgehead atoms. The van der Waals surface area contributed by atoms with E-state index in [1.807, 2.05) is 0 Å². The van der Waals surface area contributed by atoms with E-state index in [4.69, 9.17) is 22.4 Å². The molecule has 0 aliphatic carbocycles. The number of nitrogens with one attached hydrogen (secondary N) is 3. The summed E-state index contributed by atoms with van der Waals surface area (Å²) in [6, 6.07) is 4.96. The molecule has 0 atom stereocenters. The van der Waals surface area contributed by atoms with E-state index in [0.29, 0.717) is 12.2 Å². The van der Waals surface area contributed by atoms with Crippen LogP contribution in [0.4, 0.5) is 24.5 Å². The zero-order valence-electron chi connectivity index (χ0n) is 15.2. The lowest BCUT2D eigenvalue weighted by Crippen LogP contribution is -2.56. The standard InChI is InChI=1S/C17H17ClF3N7O/c1-26(11-5-3-2-4-10(11)17(19,20)21)16(23)28-7-6-27(9-13(28)22)12-8-24-25-15(29)14(12)18/h2-5,8,22-23H,6-7,9H2,1H3,(H,25,29). The van der Waals surface area contributed by atoms with Gasteiger partial charge >= 0.3 is 6.18 Å². The quantitative estimate of drug-likeness (QED) is 0.505. The summed E-state index contributed by atoms with van der Waals surface area (Å²) in [6.45, 7) is 0.464. The zero-order valence-corrected chi connectivity index (χ0v) is 16.0. The van der Waals surface area contributed by atoms with Gasteiger partial charge in [-0.15, -0.1) is 0 Å². The highest BCUT2D eigenvalue weighted by Crippen LogP contribution is 2.36. The topological polar surface area (TPSA) is 103 Å². The van der Waals surface area contributed by atoms with Crippen LogP contribution in [-0.4, -0.2) is 53.6 Å². The number of benzene rings is 1. The number of piperazine rings is 1. The molecule has 1 aromatic carbocycles. The molecule has 1 aliphatic heterocycles. The Bertz CT molecular complexity index is 1010. The summed E-state index contributed by atoms with van der Waals surface area (Å²) in [7, 11) is 1.35. The molecule has 3 N–H and O–H groups in total. The minimum Gasteiger partial charge on any atom is -0.360 e. The van der Waals surface area contributed by atoms with Crippen molar-refractivity contribution in [2.75, 3.05) is 36.5 Å². The molecule has 12 heteroatoms. The number of rotatable bonds is 2. The molecule has 0 unspecified atom stereocenters. The first-order valence-electron chi connectivity index (χ1n) is 8.43. The fraction of sp³-hybridized carbons (Fsp3) is 0.294. The number of aromatic nitrogens is 2. The number of guanidine groups is 1. The fourth-order valence-electron chi connectivity index (χ4n) is 3.04. The van der Waals surface area contributed by atoms with Crippen LogP contribution < -0.4 is 15.4 Å². The van der Waals surface area contributed by atoms with E-state index in [9.17, 15) is 18.0 Å². The first kappa shape index (κ1) is 20.6. The Kier molecular flexibility index (Phi) is 5.51. The van der Waals surface area contributed by atoms with Gasteiger partial charge in [-0.1, -0.05) is 23.7 Å². The van der Waals surface area contributed by atoms with Crippen molar-refractivity contribution in [2.24, 2.45) is 0 Å². The summed E-state index contributed by atoms with van der Waals surface area (Å²) in [5.74, 6) is -0.282. The van der Waals surface area contributed by atoms with Crippen LogP contribution in [0.1, 0.15) is 5.56 Å². The Morgan fingerprint density at radius 2 is 2.00 bits per heavy atom. The minimum absolute atomic E-state index is 0.0159. The van der Waals surface area contributed by atoms with Crippen molar-refractivity contribution in [1.82, 2.24) is 15.1 Å². The molecule has 8 nitrogen and oxygen atoms in total.